The highest BCUT2D eigenvalue weighted by Crippen LogP contribution is 2.28. The standard InChI is InChI=1S/C18H18N2O3/c1-12(13-6-4-3-5-7-13)23-15-10-8-14(9-11-15)18(2)16(21)19-17(22)20-18/h3-12H,1-2H3,(H2,19,20,21,22). The number of amides is 3. The Kier molecular flexibility index (Phi) is 3.78. The molecule has 0 saturated carbocycles. The monoisotopic (exact) mass is 310 g/mol. The molecule has 1 fully saturated rings. The number of nitrogens with one attached hydrogen (secondary N) is 2. The van der Waals surface area contributed by atoms with Gasteiger partial charge >= 0.3 is 6.03 Å². The van der Waals surface area contributed by atoms with E-state index in [1.807, 2.05) is 37.3 Å². The van der Waals surface area contributed by atoms with Crippen molar-refractivity contribution in [2.24, 2.45) is 0 Å². The van der Waals surface area contributed by atoms with Crippen molar-refractivity contribution in [3.63, 3.8) is 0 Å². The van der Waals surface area contributed by atoms with Crippen LogP contribution in [0.5, 0.6) is 5.75 Å². The molecule has 23 heavy (non-hydrogen) atoms. The van der Waals surface area contributed by atoms with E-state index in [2.05, 4.69) is 10.6 Å². The molecule has 5 heteroatoms. The SMILES string of the molecule is CC(Oc1ccc(C2(C)NC(=O)NC2=O)cc1)c1ccccc1. The Balaban J connectivity index is 1.75. The first-order valence-corrected chi connectivity index (χ1v) is 7.45. The molecule has 0 aliphatic carbocycles. The lowest BCUT2D eigenvalue weighted by Gasteiger charge is -2.22. The predicted molar refractivity (Wildman–Crippen MR) is 86.0 cm³/mol. The number of carbonyl (C=O) groups is 2. The summed E-state index contributed by atoms with van der Waals surface area (Å²) in [6, 6.07) is 16.6. The summed E-state index contributed by atoms with van der Waals surface area (Å²) in [5.74, 6) is 0.354. The topological polar surface area (TPSA) is 67.4 Å². The maximum atomic E-state index is 11.9. The van der Waals surface area contributed by atoms with E-state index < -0.39 is 11.6 Å². The lowest BCUT2D eigenvalue weighted by atomic mass is 9.92. The molecule has 1 aliphatic rings. The van der Waals surface area contributed by atoms with E-state index in [0.717, 1.165) is 5.56 Å². The number of hydrogen-bond acceptors (Lipinski definition) is 3. The van der Waals surface area contributed by atoms with Crippen molar-refractivity contribution in [1.29, 1.82) is 0 Å². The molecule has 1 heterocycles. The first-order valence-electron chi connectivity index (χ1n) is 7.45. The van der Waals surface area contributed by atoms with Gasteiger partial charge in [0.05, 0.1) is 0 Å². The van der Waals surface area contributed by atoms with Gasteiger partial charge in [-0.25, -0.2) is 4.79 Å². The van der Waals surface area contributed by atoms with Crippen molar-refractivity contribution in [2.45, 2.75) is 25.5 Å². The summed E-state index contributed by atoms with van der Waals surface area (Å²) in [5, 5.41) is 4.90. The smallest absolute Gasteiger partial charge is 0.322 e. The molecule has 0 bridgehead atoms. The van der Waals surface area contributed by atoms with Crippen molar-refractivity contribution in [2.75, 3.05) is 0 Å². The average Bonchev–Trinajstić information content (AvgIpc) is 2.82. The average molecular weight is 310 g/mol. The molecular formula is C18H18N2O3. The van der Waals surface area contributed by atoms with Crippen LogP contribution in [0, 0.1) is 0 Å². The Morgan fingerprint density at radius 1 is 1.00 bits per heavy atom. The van der Waals surface area contributed by atoms with Crippen molar-refractivity contribution in [1.82, 2.24) is 10.6 Å². The van der Waals surface area contributed by atoms with Gasteiger partial charge < -0.3 is 10.1 Å². The normalized spacial score (nSPS) is 21.5. The van der Waals surface area contributed by atoms with Gasteiger partial charge in [-0.05, 0) is 37.1 Å². The lowest BCUT2D eigenvalue weighted by molar-refractivity contribution is -0.123. The van der Waals surface area contributed by atoms with Gasteiger partial charge in [-0.2, -0.15) is 0 Å². The predicted octanol–water partition coefficient (Wildman–Crippen LogP) is 2.88. The summed E-state index contributed by atoms with van der Waals surface area (Å²) in [6.07, 6.45) is -0.0767. The Morgan fingerprint density at radius 3 is 2.22 bits per heavy atom. The highest BCUT2D eigenvalue weighted by Gasteiger charge is 2.43. The van der Waals surface area contributed by atoms with Crippen molar-refractivity contribution >= 4 is 11.9 Å². The highest BCUT2D eigenvalue weighted by atomic mass is 16.5. The number of hydrogen-bond donors (Lipinski definition) is 2. The number of rotatable bonds is 4. The van der Waals surface area contributed by atoms with E-state index in [-0.39, 0.29) is 12.0 Å². The minimum absolute atomic E-state index is 0.0767. The molecule has 0 aromatic heterocycles. The van der Waals surface area contributed by atoms with Crippen LogP contribution < -0.4 is 15.4 Å². The van der Waals surface area contributed by atoms with Crippen LogP contribution in [0.1, 0.15) is 31.1 Å². The van der Waals surface area contributed by atoms with Gasteiger partial charge in [-0.1, -0.05) is 42.5 Å². The second-order valence-electron chi connectivity index (χ2n) is 5.73. The first kappa shape index (κ1) is 15.1. The molecule has 3 rings (SSSR count). The van der Waals surface area contributed by atoms with Crippen LogP contribution in [0.15, 0.2) is 54.6 Å². The number of imide groups is 1. The molecule has 2 atom stereocenters. The van der Waals surface area contributed by atoms with Crippen LogP contribution in [0.25, 0.3) is 0 Å². The van der Waals surface area contributed by atoms with Gasteiger partial charge in [0.2, 0.25) is 0 Å². The summed E-state index contributed by atoms with van der Waals surface area (Å²) >= 11 is 0. The van der Waals surface area contributed by atoms with Crippen LogP contribution in [0.4, 0.5) is 4.79 Å². The minimum atomic E-state index is -1.04. The van der Waals surface area contributed by atoms with Crippen molar-refractivity contribution in [3.8, 4) is 5.75 Å². The Hall–Kier alpha value is -2.82. The van der Waals surface area contributed by atoms with Gasteiger partial charge in [0, 0.05) is 0 Å². The van der Waals surface area contributed by atoms with E-state index in [1.54, 1.807) is 31.2 Å². The minimum Gasteiger partial charge on any atom is -0.486 e. The van der Waals surface area contributed by atoms with E-state index in [0.29, 0.717) is 11.3 Å². The molecular weight excluding hydrogens is 292 g/mol. The largest absolute Gasteiger partial charge is 0.486 e. The Morgan fingerprint density at radius 2 is 1.65 bits per heavy atom. The fraction of sp³-hybridized carbons (Fsp3) is 0.222. The lowest BCUT2D eigenvalue weighted by Crippen LogP contribution is -2.40. The summed E-state index contributed by atoms with van der Waals surface area (Å²) in [4.78, 5) is 23.3. The van der Waals surface area contributed by atoms with Crippen LogP contribution in [0.3, 0.4) is 0 Å². The van der Waals surface area contributed by atoms with Crippen molar-refractivity contribution < 1.29 is 14.3 Å². The van der Waals surface area contributed by atoms with Crippen LogP contribution >= 0.6 is 0 Å². The number of benzene rings is 2. The van der Waals surface area contributed by atoms with E-state index >= 15 is 0 Å². The van der Waals surface area contributed by atoms with E-state index in [1.165, 1.54) is 0 Å². The van der Waals surface area contributed by atoms with Gasteiger partial charge in [-0.15, -0.1) is 0 Å². The van der Waals surface area contributed by atoms with Gasteiger partial charge in [0.1, 0.15) is 17.4 Å². The molecule has 2 aromatic rings. The van der Waals surface area contributed by atoms with Crippen LogP contribution in [-0.2, 0) is 10.3 Å². The zero-order valence-corrected chi connectivity index (χ0v) is 13.0. The van der Waals surface area contributed by atoms with Gasteiger partial charge in [0.25, 0.3) is 5.91 Å². The third kappa shape index (κ3) is 2.90. The third-order valence-electron chi connectivity index (χ3n) is 4.06. The maximum Gasteiger partial charge on any atom is 0.322 e. The van der Waals surface area contributed by atoms with Gasteiger partial charge in [0.15, 0.2) is 0 Å². The quantitative estimate of drug-likeness (QED) is 0.853. The molecule has 0 spiro atoms. The third-order valence-corrected chi connectivity index (χ3v) is 4.06. The zero-order valence-electron chi connectivity index (χ0n) is 13.0. The number of carbonyl (C=O) groups excluding carboxylic acids is 2. The molecule has 2 N–H and O–H groups in total. The molecule has 1 aliphatic heterocycles. The number of ether oxygens (including phenoxy) is 1. The molecule has 5 nitrogen and oxygen atoms in total. The van der Waals surface area contributed by atoms with Gasteiger partial charge in [-0.3, -0.25) is 10.1 Å². The fourth-order valence-corrected chi connectivity index (χ4v) is 2.61. The van der Waals surface area contributed by atoms with Crippen LogP contribution in [0.2, 0.25) is 0 Å². The van der Waals surface area contributed by atoms with Crippen molar-refractivity contribution in [3.05, 3.63) is 65.7 Å². The summed E-state index contributed by atoms with van der Waals surface area (Å²) in [5.41, 5.74) is 0.757. The first-order chi connectivity index (χ1) is 11.0. The molecule has 2 aromatic carbocycles. The molecule has 2 unspecified atom stereocenters. The summed E-state index contributed by atoms with van der Waals surface area (Å²) in [6.45, 7) is 3.66. The van der Waals surface area contributed by atoms with E-state index in [4.69, 9.17) is 4.74 Å². The van der Waals surface area contributed by atoms with E-state index in [9.17, 15) is 9.59 Å². The summed E-state index contributed by atoms with van der Waals surface area (Å²) < 4.78 is 5.91. The second kappa shape index (κ2) is 5.76. The molecule has 118 valence electrons. The molecule has 0 radical (unpaired) electrons. The zero-order chi connectivity index (χ0) is 16.4. The fourth-order valence-electron chi connectivity index (χ4n) is 2.61. The Bertz CT molecular complexity index is 728. The summed E-state index contributed by atoms with van der Waals surface area (Å²) in [7, 11) is 0. The maximum absolute atomic E-state index is 11.9. The van der Waals surface area contributed by atoms with Crippen LogP contribution in [-0.4, -0.2) is 11.9 Å². The molecule has 3 amide bonds. The second-order valence-corrected chi connectivity index (χ2v) is 5.73. The number of urea groups is 1. The Labute approximate surface area is 134 Å². The molecule has 1 saturated heterocycles. The highest BCUT2D eigenvalue weighted by molar-refractivity contribution is 6.07.